The minimum Gasteiger partial charge on any atom is -0.480 e. The maximum Gasteiger partial charge on any atom is 0.319 e. The number of H-pyrrole nitrogens is 1. The van der Waals surface area contributed by atoms with Gasteiger partial charge in [-0.2, -0.15) is 15.1 Å². The van der Waals surface area contributed by atoms with Crippen LogP contribution in [0, 0.1) is 18.2 Å². The average Bonchev–Trinajstić information content (AvgIpc) is 3.86. The highest BCUT2D eigenvalue weighted by Crippen LogP contribution is 2.50. The van der Waals surface area contributed by atoms with Crippen LogP contribution in [0.4, 0.5) is 10.2 Å². The van der Waals surface area contributed by atoms with Crippen LogP contribution in [0.2, 0.25) is 5.02 Å². The van der Waals surface area contributed by atoms with Gasteiger partial charge in [-0.05, 0) is 64.1 Å². The summed E-state index contributed by atoms with van der Waals surface area (Å²) in [7, 11) is 1.49. The van der Waals surface area contributed by atoms with Gasteiger partial charge in [0.1, 0.15) is 33.6 Å². The summed E-state index contributed by atoms with van der Waals surface area (Å²) >= 11 is 6.64. The lowest BCUT2D eigenvalue weighted by Gasteiger charge is -2.48. The van der Waals surface area contributed by atoms with Crippen molar-refractivity contribution in [2.75, 3.05) is 71.3 Å². The molecule has 15 heteroatoms. The predicted molar refractivity (Wildman–Crippen MR) is 192 cm³/mol. The van der Waals surface area contributed by atoms with Gasteiger partial charge in [0.2, 0.25) is 5.88 Å². The van der Waals surface area contributed by atoms with Gasteiger partial charge in [-0.25, -0.2) is 9.37 Å². The average molecular weight is 738 g/mol. The normalized spacial score (nSPS) is 29.1. The van der Waals surface area contributed by atoms with Crippen LogP contribution < -0.4 is 14.4 Å². The number of aliphatic hydroxyl groups is 1. The first-order chi connectivity index (χ1) is 25.1. The number of hydrogen-bond donors (Lipinski definition) is 2. The van der Waals surface area contributed by atoms with Gasteiger partial charge in [-0.15, -0.1) is 0 Å². The summed E-state index contributed by atoms with van der Waals surface area (Å²) in [5.74, 6) is -0.163. The third-order valence-corrected chi connectivity index (χ3v) is 12.5. The van der Waals surface area contributed by atoms with Crippen LogP contribution >= 0.6 is 11.6 Å². The Hall–Kier alpha value is -3.40. The van der Waals surface area contributed by atoms with Crippen molar-refractivity contribution in [1.29, 1.82) is 0 Å². The van der Waals surface area contributed by atoms with E-state index in [9.17, 15) is 5.11 Å². The summed E-state index contributed by atoms with van der Waals surface area (Å²) in [6.07, 6.45) is 7.97. The molecule has 52 heavy (non-hydrogen) atoms. The SMILES string of the molecule is COc1nc(-c2c(C)c(Cl)cc3[nH]ncc23)c(F)c2nc(OCC34CCCC3N(C3COC5(COC5)C3)CCC4)nc(N3CCOCC(C)(O)C3)c12. The molecule has 4 aromatic rings. The second-order valence-electron chi connectivity index (χ2n) is 15.7. The van der Waals surface area contributed by atoms with Crippen LogP contribution in [-0.4, -0.2) is 125 Å². The fourth-order valence-electron chi connectivity index (χ4n) is 9.51. The highest BCUT2D eigenvalue weighted by Gasteiger charge is 2.54. The van der Waals surface area contributed by atoms with E-state index in [1.807, 2.05) is 11.8 Å². The van der Waals surface area contributed by atoms with Crippen LogP contribution in [0.1, 0.15) is 51.0 Å². The number of anilines is 1. The Labute approximate surface area is 306 Å². The molecule has 2 N–H and O–H groups in total. The second kappa shape index (κ2) is 12.9. The Morgan fingerprint density at radius 2 is 1.98 bits per heavy atom. The summed E-state index contributed by atoms with van der Waals surface area (Å²) in [4.78, 5) is 19.0. The first-order valence-corrected chi connectivity index (χ1v) is 18.7. The van der Waals surface area contributed by atoms with Crippen molar-refractivity contribution in [2.45, 2.75) is 75.7 Å². The number of nitrogens with one attached hydrogen (secondary N) is 1. The van der Waals surface area contributed by atoms with E-state index in [0.29, 0.717) is 77.9 Å². The molecule has 1 saturated carbocycles. The third kappa shape index (κ3) is 5.68. The number of nitrogens with zero attached hydrogens (tertiary/aromatic N) is 6. The number of hydrogen-bond acceptors (Lipinski definition) is 12. The lowest BCUT2D eigenvalue weighted by molar-refractivity contribution is -0.184. The van der Waals surface area contributed by atoms with Crippen LogP contribution in [0.5, 0.6) is 11.9 Å². The largest absolute Gasteiger partial charge is 0.480 e. The number of piperidine rings is 1. The van der Waals surface area contributed by atoms with E-state index in [2.05, 4.69) is 15.1 Å². The van der Waals surface area contributed by atoms with Crippen LogP contribution in [0.3, 0.4) is 0 Å². The van der Waals surface area contributed by atoms with Gasteiger partial charge >= 0.3 is 6.01 Å². The molecule has 7 heterocycles. The van der Waals surface area contributed by atoms with Crippen LogP contribution in [-0.2, 0) is 14.2 Å². The summed E-state index contributed by atoms with van der Waals surface area (Å²) < 4.78 is 47.3. The van der Waals surface area contributed by atoms with Gasteiger partial charge in [0.25, 0.3) is 0 Å². The zero-order chi connectivity index (χ0) is 35.8. The van der Waals surface area contributed by atoms with Crippen molar-refractivity contribution < 1.29 is 33.2 Å². The van der Waals surface area contributed by atoms with Gasteiger partial charge in [-0.3, -0.25) is 10.00 Å². The van der Waals surface area contributed by atoms with Crippen LogP contribution in [0.15, 0.2) is 12.3 Å². The highest BCUT2D eigenvalue weighted by atomic mass is 35.5. The van der Waals surface area contributed by atoms with Gasteiger partial charge in [-0.1, -0.05) is 18.0 Å². The van der Waals surface area contributed by atoms with Crippen molar-refractivity contribution in [1.82, 2.24) is 30.0 Å². The standard InChI is InChI=1S/C37H45ClFN7O6/c1-21-24(38)12-25-23(14-40-44-25)27(21)30-29(39)31-28(33(41-30)48-3)32(45-10-11-49-17-35(2,47)16-45)43-34(42-31)51-18-36-7-4-6-26(36)46(9-5-8-36)22-13-37(52-15-22)19-50-20-37/h12,14,22,26,47H,4-11,13,15-20H2,1-3H3,(H,40,44). The molecule has 3 aromatic heterocycles. The molecule has 0 radical (unpaired) electrons. The third-order valence-electron chi connectivity index (χ3n) is 12.1. The van der Waals surface area contributed by atoms with E-state index >= 15 is 4.39 Å². The summed E-state index contributed by atoms with van der Waals surface area (Å²) in [5.41, 5.74) is 0.423. The van der Waals surface area contributed by atoms with Crippen LogP contribution in [0.25, 0.3) is 33.1 Å². The molecule has 0 bridgehead atoms. The summed E-state index contributed by atoms with van der Waals surface area (Å²) in [5, 5.41) is 19.7. The molecule has 9 rings (SSSR count). The van der Waals surface area contributed by atoms with Crippen molar-refractivity contribution in [2.24, 2.45) is 5.41 Å². The van der Waals surface area contributed by atoms with Gasteiger partial charge in [0.05, 0.1) is 65.0 Å². The molecule has 1 aromatic carbocycles. The van der Waals surface area contributed by atoms with Gasteiger partial charge in [0.15, 0.2) is 5.82 Å². The quantitative estimate of drug-likeness (QED) is 0.268. The number of rotatable bonds is 7. The smallest absolute Gasteiger partial charge is 0.319 e. The van der Waals surface area contributed by atoms with E-state index in [-0.39, 0.29) is 52.7 Å². The number of methoxy groups -OCH3 is 1. The van der Waals surface area contributed by atoms with Gasteiger partial charge < -0.3 is 33.7 Å². The van der Waals surface area contributed by atoms with E-state index in [4.69, 9.17) is 50.2 Å². The number of halogens is 2. The molecule has 1 aliphatic carbocycles. The topological polar surface area (TPSA) is 140 Å². The van der Waals surface area contributed by atoms with E-state index < -0.39 is 11.4 Å². The molecule has 1 spiro atoms. The second-order valence-corrected chi connectivity index (χ2v) is 16.2. The zero-order valence-corrected chi connectivity index (χ0v) is 30.6. The van der Waals surface area contributed by atoms with E-state index in [1.54, 1.807) is 19.2 Å². The monoisotopic (exact) mass is 737 g/mol. The fraction of sp³-hybridized carbons (Fsp3) is 0.622. The van der Waals surface area contributed by atoms with E-state index in [0.717, 1.165) is 51.7 Å². The summed E-state index contributed by atoms with van der Waals surface area (Å²) in [6.45, 7) is 8.14. The lowest BCUT2D eigenvalue weighted by Crippen LogP contribution is -2.56. The maximum absolute atomic E-state index is 17.2. The molecular weight excluding hydrogens is 693 g/mol. The Morgan fingerprint density at radius 1 is 1.13 bits per heavy atom. The lowest BCUT2D eigenvalue weighted by atomic mass is 9.74. The molecule has 278 valence electrons. The molecule has 13 nitrogen and oxygen atoms in total. The van der Waals surface area contributed by atoms with Crippen molar-refractivity contribution in [3.8, 4) is 23.1 Å². The predicted octanol–water partition coefficient (Wildman–Crippen LogP) is 4.84. The number of benzene rings is 1. The highest BCUT2D eigenvalue weighted by molar-refractivity contribution is 6.33. The maximum atomic E-state index is 17.2. The number of aromatic amines is 1. The number of aromatic nitrogens is 5. The van der Waals surface area contributed by atoms with Crippen molar-refractivity contribution in [3.63, 3.8) is 0 Å². The molecule has 4 unspecified atom stereocenters. The van der Waals surface area contributed by atoms with Crippen molar-refractivity contribution >= 4 is 39.2 Å². The first-order valence-electron chi connectivity index (χ1n) is 18.3. The number of fused-ring (bicyclic) bond motifs is 3. The first kappa shape index (κ1) is 34.4. The molecule has 5 fully saturated rings. The molecule has 5 aliphatic rings. The molecule has 0 amide bonds. The van der Waals surface area contributed by atoms with Crippen molar-refractivity contribution in [3.05, 3.63) is 28.7 Å². The Bertz CT molecular complexity index is 2030. The number of β-amino-alcohol motifs (C(OH)–C–C–N with tert-alkyl or cyclic N) is 1. The number of pyridine rings is 1. The number of ether oxygens (including phenoxy) is 5. The minimum atomic E-state index is -1.19. The Kier molecular flexibility index (Phi) is 8.51. The molecule has 4 saturated heterocycles. The summed E-state index contributed by atoms with van der Waals surface area (Å²) in [6, 6.07) is 2.53. The number of likely N-dealkylation sites (tertiary alicyclic amines) is 1. The minimum absolute atomic E-state index is 0.00420. The van der Waals surface area contributed by atoms with E-state index in [1.165, 1.54) is 7.11 Å². The Balaban J connectivity index is 1.13. The molecule has 4 atom stereocenters. The zero-order valence-electron chi connectivity index (χ0n) is 29.8. The van der Waals surface area contributed by atoms with Gasteiger partial charge in [0, 0.05) is 40.0 Å². The molecule has 4 aliphatic heterocycles. The molecular formula is C37H45ClFN7O6. The Morgan fingerprint density at radius 3 is 2.77 bits per heavy atom. The fourth-order valence-corrected chi connectivity index (χ4v) is 9.71.